The molecule has 1 N–H and O–H groups in total. The standard InChI is InChI=1S/C14H16N2O3/c1-10(2)19-12-5-3-4-11(8-12)9-14(17)15-13-6-7-18-16-13/h3-8,10H,9H2,1-2H3,(H,15,16,17). The second-order valence-electron chi connectivity index (χ2n) is 4.42. The SMILES string of the molecule is CC(C)Oc1cccc(CC(=O)Nc2ccon2)c1. The van der Waals surface area contributed by atoms with E-state index in [1.165, 1.54) is 6.26 Å². The first-order chi connectivity index (χ1) is 9.13. The Bertz CT molecular complexity index is 535. The first-order valence-corrected chi connectivity index (χ1v) is 6.09. The Morgan fingerprint density at radius 2 is 2.26 bits per heavy atom. The van der Waals surface area contributed by atoms with Gasteiger partial charge in [0.25, 0.3) is 0 Å². The van der Waals surface area contributed by atoms with Gasteiger partial charge in [0.05, 0.1) is 12.5 Å². The third-order valence-corrected chi connectivity index (χ3v) is 2.34. The van der Waals surface area contributed by atoms with Crippen molar-refractivity contribution < 1.29 is 14.1 Å². The molecule has 2 rings (SSSR count). The van der Waals surface area contributed by atoms with Crippen LogP contribution in [0, 0.1) is 0 Å². The number of nitrogens with zero attached hydrogens (tertiary/aromatic N) is 1. The van der Waals surface area contributed by atoms with E-state index in [1.54, 1.807) is 6.07 Å². The van der Waals surface area contributed by atoms with E-state index in [4.69, 9.17) is 4.74 Å². The van der Waals surface area contributed by atoms with Gasteiger partial charge in [-0.3, -0.25) is 4.79 Å². The molecular weight excluding hydrogens is 244 g/mol. The van der Waals surface area contributed by atoms with Crippen molar-refractivity contribution in [2.45, 2.75) is 26.4 Å². The summed E-state index contributed by atoms with van der Waals surface area (Å²) >= 11 is 0. The molecule has 2 aromatic rings. The van der Waals surface area contributed by atoms with E-state index in [-0.39, 0.29) is 18.4 Å². The molecule has 0 spiro atoms. The summed E-state index contributed by atoms with van der Waals surface area (Å²) in [6.45, 7) is 3.92. The summed E-state index contributed by atoms with van der Waals surface area (Å²) in [4.78, 5) is 11.8. The maximum Gasteiger partial charge on any atom is 0.230 e. The fraction of sp³-hybridized carbons (Fsp3) is 0.286. The van der Waals surface area contributed by atoms with Crippen molar-refractivity contribution in [1.29, 1.82) is 0 Å². The summed E-state index contributed by atoms with van der Waals surface area (Å²) in [5.41, 5.74) is 0.888. The number of rotatable bonds is 5. The number of ether oxygens (including phenoxy) is 1. The van der Waals surface area contributed by atoms with Gasteiger partial charge in [-0.05, 0) is 31.5 Å². The Labute approximate surface area is 111 Å². The number of hydrogen-bond acceptors (Lipinski definition) is 4. The van der Waals surface area contributed by atoms with E-state index in [2.05, 4.69) is 15.0 Å². The van der Waals surface area contributed by atoms with Gasteiger partial charge in [0.1, 0.15) is 12.0 Å². The monoisotopic (exact) mass is 260 g/mol. The molecule has 0 atom stereocenters. The normalized spacial score (nSPS) is 10.5. The van der Waals surface area contributed by atoms with Crippen LogP contribution in [0.4, 0.5) is 5.82 Å². The van der Waals surface area contributed by atoms with Gasteiger partial charge in [-0.15, -0.1) is 0 Å². The van der Waals surface area contributed by atoms with Gasteiger partial charge in [-0.2, -0.15) is 0 Å². The highest BCUT2D eigenvalue weighted by Gasteiger charge is 2.07. The van der Waals surface area contributed by atoms with E-state index >= 15 is 0 Å². The van der Waals surface area contributed by atoms with Gasteiger partial charge < -0.3 is 14.6 Å². The summed E-state index contributed by atoms with van der Waals surface area (Å²) in [6.07, 6.45) is 1.79. The van der Waals surface area contributed by atoms with Crippen molar-refractivity contribution in [2.24, 2.45) is 0 Å². The van der Waals surface area contributed by atoms with Crippen molar-refractivity contribution >= 4 is 11.7 Å². The van der Waals surface area contributed by atoms with Crippen LogP contribution in [0.2, 0.25) is 0 Å². The Morgan fingerprint density at radius 1 is 1.42 bits per heavy atom. The zero-order valence-corrected chi connectivity index (χ0v) is 10.9. The fourth-order valence-electron chi connectivity index (χ4n) is 1.65. The number of anilines is 1. The highest BCUT2D eigenvalue weighted by atomic mass is 16.5. The molecule has 0 bridgehead atoms. The molecule has 0 fully saturated rings. The maximum absolute atomic E-state index is 11.8. The molecule has 0 saturated heterocycles. The highest BCUT2D eigenvalue weighted by Crippen LogP contribution is 2.15. The van der Waals surface area contributed by atoms with Gasteiger partial charge in [0.15, 0.2) is 5.82 Å². The zero-order valence-electron chi connectivity index (χ0n) is 10.9. The van der Waals surface area contributed by atoms with E-state index < -0.39 is 0 Å². The quantitative estimate of drug-likeness (QED) is 0.897. The number of hydrogen-bond donors (Lipinski definition) is 1. The summed E-state index contributed by atoms with van der Waals surface area (Å²) in [6, 6.07) is 9.09. The van der Waals surface area contributed by atoms with Crippen molar-refractivity contribution in [3.8, 4) is 5.75 Å². The first kappa shape index (κ1) is 13.1. The number of nitrogens with one attached hydrogen (secondary N) is 1. The van der Waals surface area contributed by atoms with Crippen LogP contribution < -0.4 is 10.1 Å². The summed E-state index contributed by atoms with van der Waals surface area (Å²) in [5, 5.41) is 6.27. The Kier molecular flexibility index (Phi) is 4.18. The molecule has 1 heterocycles. The van der Waals surface area contributed by atoms with Crippen LogP contribution in [0.3, 0.4) is 0 Å². The van der Waals surface area contributed by atoms with E-state index in [1.807, 2.05) is 38.1 Å². The molecule has 5 heteroatoms. The number of benzene rings is 1. The van der Waals surface area contributed by atoms with Gasteiger partial charge in [0, 0.05) is 6.07 Å². The minimum atomic E-state index is -0.143. The van der Waals surface area contributed by atoms with Crippen molar-refractivity contribution in [2.75, 3.05) is 5.32 Å². The van der Waals surface area contributed by atoms with Gasteiger partial charge in [-0.25, -0.2) is 0 Å². The van der Waals surface area contributed by atoms with Crippen LogP contribution >= 0.6 is 0 Å². The molecule has 0 unspecified atom stereocenters. The molecule has 0 saturated carbocycles. The van der Waals surface area contributed by atoms with Crippen LogP contribution in [0.25, 0.3) is 0 Å². The maximum atomic E-state index is 11.8. The van der Waals surface area contributed by atoms with E-state index in [0.717, 1.165) is 11.3 Å². The summed E-state index contributed by atoms with van der Waals surface area (Å²) in [7, 11) is 0. The lowest BCUT2D eigenvalue weighted by molar-refractivity contribution is -0.115. The van der Waals surface area contributed by atoms with Crippen LogP contribution in [0.5, 0.6) is 5.75 Å². The average molecular weight is 260 g/mol. The zero-order chi connectivity index (χ0) is 13.7. The molecule has 1 aromatic heterocycles. The number of amides is 1. The lowest BCUT2D eigenvalue weighted by atomic mass is 10.1. The molecule has 1 aromatic carbocycles. The summed E-state index contributed by atoms with van der Waals surface area (Å²) < 4.78 is 10.2. The lowest BCUT2D eigenvalue weighted by Gasteiger charge is -2.10. The minimum Gasteiger partial charge on any atom is -0.491 e. The first-order valence-electron chi connectivity index (χ1n) is 6.09. The van der Waals surface area contributed by atoms with Crippen molar-refractivity contribution in [3.05, 3.63) is 42.2 Å². The molecular formula is C14H16N2O3. The number of aromatic nitrogens is 1. The Balaban J connectivity index is 1.96. The molecule has 19 heavy (non-hydrogen) atoms. The average Bonchev–Trinajstić information content (AvgIpc) is 2.81. The predicted molar refractivity (Wildman–Crippen MR) is 71.0 cm³/mol. The molecule has 0 radical (unpaired) electrons. The summed E-state index contributed by atoms with van der Waals surface area (Å²) in [5.74, 6) is 1.04. The third kappa shape index (κ3) is 4.13. The molecule has 0 aliphatic carbocycles. The predicted octanol–water partition coefficient (Wildman–Crippen LogP) is 2.64. The van der Waals surface area contributed by atoms with Crippen molar-refractivity contribution in [1.82, 2.24) is 5.16 Å². The number of carbonyl (C=O) groups excluding carboxylic acids is 1. The van der Waals surface area contributed by atoms with Gasteiger partial charge in [0.2, 0.25) is 5.91 Å². The fourth-order valence-corrected chi connectivity index (χ4v) is 1.65. The number of carbonyl (C=O) groups is 1. The smallest absolute Gasteiger partial charge is 0.230 e. The Hall–Kier alpha value is -2.30. The molecule has 0 aliphatic heterocycles. The van der Waals surface area contributed by atoms with Crippen LogP contribution in [0.15, 0.2) is 41.1 Å². The molecule has 100 valence electrons. The highest BCUT2D eigenvalue weighted by molar-refractivity contribution is 5.91. The van der Waals surface area contributed by atoms with Gasteiger partial charge >= 0.3 is 0 Å². The minimum absolute atomic E-state index is 0.110. The topological polar surface area (TPSA) is 64.4 Å². The second-order valence-corrected chi connectivity index (χ2v) is 4.42. The molecule has 0 aliphatic rings. The van der Waals surface area contributed by atoms with Crippen LogP contribution in [0.1, 0.15) is 19.4 Å². The van der Waals surface area contributed by atoms with E-state index in [9.17, 15) is 4.79 Å². The molecule has 5 nitrogen and oxygen atoms in total. The lowest BCUT2D eigenvalue weighted by Crippen LogP contribution is -2.14. The largest absolute Gasteiger partial charge is 0.491 e. The third-order valence-electron chi connectivity index (χ3n) is 2.34. The van der Waals surface area contributed by atoms with Crippen molar-refractivity contribution in [3.63, 3.8) is 0 Å². The second kappa shape index (κ2) is 6.04. The van der Waals surface area contributed by atoms with Crippen LogP contribution in [-0.4, -0.2) is 17.2 Å². The Morgan fingerprint density at radius 3 is 2.95 bits per heavy atom. The molecule has 1 amide bonds. The van der Waals surface area contributed by atoms with Crippen LogP contribution in [-0.2, 0) is 11.2 Å². The van der Waals surface area contributed by atoms with Gasteiger partial charge in [-0.1, -0.05) is 17.3 Å². The van der Waals surface area contributed by atoms with E-state index in [0.29, 0.717) is 5.82 Å².